The molecule has 0 aromatic rings. The number of hydrogen-bond donors (Lipinski definition) is 2. The Balaban J connectivity index is 0.000000151. The van der Waals surface area contributed by atoms with Gasteiger partial charge in [0.15, 0.2) is 0 Å². The molecule has 90 valence electrons. The van der Waals surface area contributed by atoms with E-state index in [2.05, 4.69) is 34.4 Å². The summed E-state index contributed by atoms with van der Waals surface area (Å²) in [6.07, 6.45) is 4.10. The molecule has 3 nitrogen and oxygen atoms in total. The Morgan fingerprint density at radius 3 is 2.47 bits per heavy atom. The summed E-state index contributed by atoms with van der Waals surface area (Å²) >= 11 is 2.06. The Bertz CT molecular complexity index is 143. The van der Waals surface area contributed by atoms with Crippen molar-refractivity contribution in [1.82, 2.24) is 15.8 Å². The lowest BCUT2D eigenvalue weighted by molar-refractivity contribution is 0.262. The summed E-state index contributed by atoms with van der Waals surface area (Å²) in [5, 5.41) is 5.66. The molecule has 0 aromatic carbocycles. The molecule has 4 heteroatoms. The maximum Gasteiger partial charge on any atom is 0.0165 e. The quantitative estimate of drug-likeness (QED) is 0.766. The second-order valence-electron chi connectivity index (χ2n) is 4.04. The van der Waals surface area contributed by atoms with Gasteiger partial charge in [-0.2, -0.15) is 11.8 Å². The molecule has 0 spiro atoms. The molecule has 0 aliphatic carbocycles. The Hall–Kier alpha value is 0.230. The monoisotopic (exact) mass is 231 g/mol. The predicted octanol–water partition coefficient (Wildman–Crippen LogP) is 1.32. The lowest BCUT2D eigenvalue weighted by Gasteiger charge is -2.10. The Kier molecular flexibility index (Phi) is 7.44. The minimum atomic E-state index is 0.824. The standard InChI is InChI=1S/C6H13NS.C5H12N2/c1-2-7-6-3-4-8-5-6;1-6-7-4-2-3-5-7/h6-7H,2-5H2,1H3;6H,2-5H2,1H3/t6-;/m1./s1. The first-order valence-electron chi connectivity index (χ1n) is 6.10. The zero-order valence-electron chi connectivity index (χ0n) is 10.1. The molecule has 2 heterocycles. The summed E-state index contributed by atoms with van der Waals surface area (Å²) in [5.41, 5.74) is 3.10. The van der Waals surface area contributed by atoms with Crippen LogP contribution in [0.2, 0.25) is 0 Å². The zero-order valence-corrected chi connectivity index (χ0v) is 10.9. The van der Waals surface area contributed by atoms with E-state index in [1.54, 1.807) is 0 Å². The maximum atomic E-state index is 3.42. The van der Waals surface area contributed by atoms with E-state index >= 15 is 0 Å². The van der Waals surface area contributed by atoms with Gasteiger partial charge in [0, 0.05) is 24.9 Å². The Morgan fingerprint density at radius 2 is 2.07 bits per heavy atom. The summed E-state index contributed by atoms with van der Waals surface area (Å²) in [6, 6.07) is 0.824. The topological polar surface area (TPSA) is 27.3 Å². The summed E-state index contributed by atoms with van der Waals surface area (Å²) < 4.78 is 0. The van der Waals surface area contributed by atoms with E-state index in [4.69, 9.17) is 0 Å². The first-order chi connectivity index (χ1) is 7.36. The molecule has 0 saturated carbocycles. The fourth-order valence-electron chi connectivity index (χ4n) is 1.92. The number of nitrogens with zero attached hydrogens (tertiary/aromatic N) is 1. The van der Waals surface area contributed by atoms with E-state index in [-0.39, 0.29) is 0 Å². The van der Waals surface area contributed by atoms with Gasteiger partial charge in [0.1, 0.15) is 0 Å². The van der Waals surface area contributed by atoms with E-state index < -0.39 is 0 Å². The fourth-order valence-corrected chi connectivity index (χ4v) is 3.11. The van der Waals surface area contributed by atoms with Gasteiger partial charge in [-0.05, 0) is 38.6 Å². The Morgan fingerprint density at radius 1 is 1.33 bits per heavy atom. The largest absolute Gasteiger partial charge is 0.313 e. The van der Waals surface area contributed by atoms with Crippen molar-refractivity contribution in [2.45, 2.75) is 32.2 Å². The molecule has 2 saturated heterocycles. The van der Waals surface area contributed by atoms with Crippen LogP contribution in [-0.2, 0) is 0 Å². The van der Waals surface area contributed by atoms with E-state index in [1.165, 1.54) is 43.9 Å². The smallest absolute Gasteiger partial charge is 0.0165 e. The highest BCUT2D eigenvalue weighted by Crippen LogP contribution is 2.16. The van der Waals surface area contributed by atoms with Crippen LogP contribution in [-0.4, -0.2) is 49.2 Å². The molecule has 0 aromatic heterocycles. The number of hydrogen-bond acceptors (Lipinski definition) is 4. The summed E-state index contributed by atoms with van der Waals surface area (Å²) in [6.45, 7) is 5.77. The third kappa shape index (κ3) is 5.76. The van der Waals surface area contributed by atoms with Crippen LogP contribution in [0.4, 0.5) is 0 Å². The SMILES string of the molecule is CCN[C@@H]1CCSC1.CNN1CCCC1. The van der Waals surface area contributed by atoms with Crippen molar-refractivity contribution >= 4 is 11.8 Å². The average molecular weight is 231 g/mol. The molecule has 2 fully saturated rings. The van der Waals surface area contributed by atoms with Gasteiger partial charge >= 0.3 is 0 Å². The lowest BCUT2D eigenvalue weighted by atomic mass is 10.3. The molecule has 2 aliphatic rings. The van der Waals surface area contributed by atoms with Gasteiger partial charge in [0.25, 0.3) is 0 Å². The van der Waals surface area contributed by atoms with Gasteiger partial charge in [-0.3, -0.25) is 5.43 Å². The van der Waals surface area contributed by atoms with Crippen LogP contribution in [0.15, 0.2) is 0 Å². The third-order valence-corrected chi connectivity index (χ3v) is 4.01. The number of thioether (sulfide) groups is 1. The maximum absolute atomic E-state index is 3.42. The van der Waals surface area contributed by atoms with Crippen LogP contribution in [0, 0.1) is 0 Å². The highest BCUT2D eigenvalue weighted by molar-refractivity contribution is 7.99. The molecule has 1 atom stereocenters. The van der Waals surface area contributed by atoms with Crippen LogP contribution in [0.5, 0.6) is 0 Å². The van der Waals surface area contributed by atoms with Crippen LogP contribution < -0.4 is 10.7 Å². The molecular formula is C11H25N3S. The second kappa shape index (κ2) is 8.39. The molecule has 0 radical (unpaired) electrons. The van der Waals surface area contributed by atoms with Crippen LogP contribution in [0.25, 0.3) is 0 Å². The van der Waals surface area contributed by atoms with Gasteiger partial charge in [0.2, 0.25) is 0 Å². The molecule has 2 aliphatic heterocycles. The van der Waals surface area contributed by atoms with Gasteiger partial charge in [-0.1, -0.05) is 6.92 Å². The van der Waals surface area contributed by atoms with E-state index in [0.29, 0.717) is 0 Å². The van der Waals surface area contributed by atoms with Crippen molar-refractivity contribution in [3.8, 4) is 0 Å². The summed E-state index contributed by atoms with van der Waals surface area (Å²) in [4.78, 5) is 0. The van der Waals surface area contributed by atoms with Crippen molar-refractivity contribution in [2.24, 2.45) is 0 Å². The minimum absolute atomic E-state index is 0.824. The van der Waals surface area contributed by atoms with Crippen molar-refractivity contribution in [3.63, 3.8) is 0 Å². The second-order valence-corrected chi connectivity index (χ2v) is 5.19. The molecule has 15 heavy (non-hydrogen) atoms. The minimum Gasteiger partial charge on any atom is -0.313 e. The average Bonchev–Trinajstić information content (AvgIpc) is 2.91. The third-order valence-electron chi connectivity index (χ3n) is 2.84. The van der Waals surface area contributed by atoms with Crippen molar-refractivity contribution < 1.29 is 0 Å². The highest BCUT2D eigenvalue weighted by atomic mass is 32.2. The van der Waals surface area contributed by atoms with Gasteiger partial charge in [-0.25, -0.2) is 5.01 Å². The first kappa shape index (κ1) is 13.3. The van der Waals surface area contributed by atoms with E-state index in [1.807, 2.05) is 7.05 Å². The van der Waals surface area contributed by atoms with E-state index in [9.17, 15) is 0 Å². The molecule has 0 bridgehead atoms. The fraction of sp³-hybridized carbons (Fsp3) is 1.00. The molecule has 0 unspecified atom stereocenters. The van der Waals surface area contributed by atoms with Gasteiger partial charge in [0.05, 0.1) is 0 Å². The van der Waals surface area contributed by atoms with Crippen molar-refractivity contribution in [3.05, 3.63) is 0 Å². The number of rotatable bonds is 3. The summed E-state index contributed by atoms with van der Waals surface area (Å²) in [7, 11) is 1.98. The Labute approximate surface area is 98.3 Å². The first-order valence-corrected chi connectivity index (χ1v) is 7.25. The molecular weight excluding hydrogens is 206 g/mol. The summed E-state index contributed by atoms with van der Waals surface area (Å²) in [5.74, 6) is 2.69. The number of nitrogens with one attached hydrogen (secondary N) is 2. The predicted molar refractivity (Wildman–Crippen MR) is 69.3 cm³/mol. The molecule has 0 amide bonds. The lowest BCUT2D eigenvalue weighted by Crippen LogP contribution is -2.31. The number of hydrazine groups is 1. The van der Waals surface area contributed by atoms with E-state index in [0.717, 1.165) is 12.6 Å². The normalized spacial score (nSPS) is 26.4. The van der Waals surface area contributed by atoms with Crippen LogP contribution >= 0.6 is 11.8 Å². The molecule has 2 N–H and O–H groups in total. The van der Waals surface area contributed by atoms with Crippen molar-refractivity contribution in [1.29, 1.82) is 0 Å². The zero-order chi connectivity index (χ0) is 10.9. The van der Waals surface area contributed by atoms with Crippen LogP contribution in [0.1, 0.15) is 26.2 Å². The molecule has 2 rings (SSSR count). The van der Waals surface area contributed by atoms with Crippen LogP contribution in [0.3, 0.4) is 0 Å². The van der Waals surface area contributed by atoms with Gasteiger partial charge < -0.3 is 5.32 Å². The van der Waals surface area contributed by atoms with Crippen molar-refractivity contribution in [2.75, 3.05) is 38.2 Å². The van der Waals surface area contributed by atoms with Gasteiger partial charge in [-0.15, -0.1) is 0 Å². The highest BCUT2D eigenvalue weighted by Gasteiger charge is 2.12.